The first-order valence-electron chi connectivity index (χ1n) is 9.16. The summed E-state index contributed by atoms with van der Waals surface area (Å²) in [5, 5.41) is 0.262. The third-order valence-electron chi connectivity index (χ3n) is 4.16. The maximum absolute atomic E-state index is 13.8. The Hall–Kier alpha value is -2.67. The fourth-order valence-corrected chi connectivity index (χ4v) is 4.10. The van der Waals surface area contributed by atoms with E-state index in [2.05, 4.69) is 4.98 Å². The number of para-hydroxylation sites is 1. The Morgan fingerprint density at radius 2 is 2.00 bits per heavy atom. The van der Waals surface area contributed by atoms with Crippen molar-refractivity contribution in [3.8, 4) is 5.69 Å². The summed E-state index contributed by atoms with van der Waals surface area (Å²) < 4.78 is 20.4. The van der Waals surface area contributed by atoms with Crippen LogP contribution in [-0.4, -0.2) is 27.4 Å². The molecule has 1 atom stereocenters. The SMILES string of the molecule is CCC[C@@H](Sc1nc2ccccc2c(=O)n1-c1cccc(F)c1)C(=O)OCC. The Morgan fingerprint density at radius 3 is 2.71 bits per heavy atom. The number of carbonyl (C=O) groups is 1. The monoisotopic (exact) mass is 400 g/mol. The van der Waals surface area contributed by atoms with E-state index in [9.17, 15) is 14.0 Å². The highest BCUT2D eigenvalue weighted by Gasteiger charge is 2.24. The summed E-state index contributed by atoms with van der Waals surface area (Å²) >= 11 is 1.17. The van der Waals surface area contributed by atoms with E-state index in [1.54, 1.807) is 37.3 Å². The van der Waals surface area contributed by atoms with Gasteiger partial charge in [0.25, 0.3) is 5.56 Å². The van der Waals surface area contributed by atoms with Gasteiger partial charge in [-0.3, -0.25) is 14.2 Å². The molecule has 0 aliphatic rings. The standard InChI is InChI=1S/C21H21FN2O3S/c1-3-8-18(20(26)27-4-2)28-21-23-17-12-6-5-11-16(17)19(25)24(21)15-10-7-9-14(22)13-15/h5-7,9-13,18H,3-4,8H2,1-2H3/t18-/m1/s1. The molecule has 0 fully saturated rings. The molecular weight excluding hydrogens is 379 g/mol. The van der Waals surface area contributed by atoms with E-state index in [0.29, 0.717) is 28.2 Å². The van der Waals surface area contributed by atoms with Crippen molar-refractivity contribution < 1.29 is 13.9 Å². The van der Waals surface area contributed by atoms with E-state index in [1.165, 1.54) is 34.5 Å². The predicted octanol–water partition coefficient (Wildman–Crippen LogP) is 4.35. The molecule has 0 unspecified atom stereocenters. The van der Waals surface area contributed by atoms with Crippen molar-refractivity contribution in [2.45, 2.75) is 37.1 Å². The molecule has 0 N–H and O–H groups in total. The highest BCUT2D eigenvalue weighted by Crippen LogP contribution is 2.28. The fraction of sp³-hybridized carbons (Fsp3) is 0.286. The van der Waals surface area contributed by atoms with E-state index < -0.39 is 11.1 Å². The van der Waals surface area contributed by atoms with E-state index >= 15 is 0 Å². The third-order valence-corrected chi connectivity index (χ3v) is 5.36. The first-order chi connectivity index (χ1) is 13.5. The van der Waals surface area contributed by atoms with E-state index in [0.717, 1.165) is 6.42 Å². The maximum Gasteiger partial charge on any atom is 0.319 e. The van der Waals surface area contributed by atoms with Crippen molar-refractivity contribution in [3.63, 3.8) is 0 Å². The quantitative estimate of drug-likeness (QED) is 0.335. The number of halogens is 1. The third kappa shape index (κ3) is 4.25. The second-order valence-corrected chi connectivity index (χ2v) is 7.35. The van der Waals surface area contributed by atoms with Crippen LogP contribution in [0.1, 0.15) is 26.7 Å². The summed E-state index contributed by atoms with van der Waals surface area (Å²) in [7, 11) is 0. The minimum absolute atomic E-state index is 0.279. The van der Waals surface area contributed by atoms with Crippen molar-refractivity contribution >= 4 is 28.6 Å². The maximum atomic E-state index is 13.8. The summed E-state index contributed by atoms with van der Waals surface area (Å²) in [6.45, 7) is 4.00. The Morgan fingerprint density at radius 1 is 1.21 bits per heavy atom. The van der Waals surface area contributed by atoms with Crippen molar-refractivity contribution in [2.24, 2.45) is 0 Å². The first kappa shape index (κ1) is 20.1. The van der Waals surface area contributed by atoms with Crippen LogP contribution in [0.4, 0.5) is 4.39 Å². The van der Waals surface area contributed by atoms with Crippen LogP contribution in [0.5, 0.6) is 0 Å². The molecule has 0 saturated carbocycles. The fourth-order valence-electron chi connectivity index (χ4n) is 2.88. The molecule has 7 heteroatoms. The van der Waals surface area contributed by atoms with Gasteiger partial charge in [-0.25, -0.2) is 9.37 Å². The highest BCUT2D eigenvalue weighted by atomic mass is 32.2. The Labute approximate surface area is 166 Å². The number of aromatic nitrogens is 2. The van der Waals surface area contributed by atoms with E-state index in [-0.39, 0.29) is 18.1 Å². The van der Waals surface area contributed by atoms with Gasteiger partial charge in [-0.15, -0.1) is 0 Å². The van der Waals surface area contributed by atoms with Gasteiger partial charge in [0.1, 0.15) is 11.1 Å². The Kier molecular flexibility index (Phi) is 6.46. The molecule has 0 amide bonds. The molecule has 0 radical (unpaired) electrons. The van der Waals surface area contributed by atoms with Crippen molar-refractivity contribution in [1.82, 2.24) is 9.55 Å². The van der Waals surface area contributed by atoms with Crippen LogP contribution in [0.3, 0.4) is 0 Å². The normalized spacial score (nSPS) is 12.1. The van der Waals surface area contributed by atoms with Gasteiger partial charge in [0.05, 0.1) is 23.2 Å². The molecule has 1 aromatic heterocycles. The zero-order valence-corrected chi connectivity index (χ0v) is 16.5. The number of hydrogen-bond acceptors (Lipinski definition) is 5. The molecule has 28 heavy (non-hydrogen) atoms. The smallest absolute Gasteiger partial charge is 0.319 e. The molecule has 0 bridgehead atoms. The van der Waals surface area contributed by atoms with E-state index in [4.69, 9.17) is 4.74 Å². The zero-order chi connectivity index (χ0) is 20.1. The minimum atomic E-state index is -0.502. The van der Waals surface area contributed by atoms with Crippen LogP contribution in [-0.2, 0) is 9.53 Å². The molecule has 0 spiro atoms. The number of carbonyl (C=O) groups excluding carboxylic acids is 1. The van der Waals surface area contributed by atoms with Gasteiger partial charge >= 0.3 is 5.97 Å². The number of ether oxygens (including phenoxy) is 1. The summed E-state index contributed by atoms with van der Waals surface area (Å²) in [6, 6.07) is 12.8. The van der Waals surface area contributed by atoms with Gasteiger partial charge in [-0.2, -0.15) is 0 Å². The molecule has 1 heterocycles. The Bertz CT molecular complexity index is 1050. The molecule has 0 aliphatic carbocycles. The topological polar surface area (TPSA) is 61.2 Å². The molecule has 146 valence electrons. The van der Waals surface area contributed by atoms with Crippen molar-refractivity contribution in [3.05, 3.63) is 64.7 Å². The molecule has 3 rings (SSSR count). The Balaban J connectivity index is 2.18. The van der Waals surface area contributed by atoms with Crippen LogP contribution >= 0.6 is 11.8 Å². The second-order valence-electron chi connectivity index (χ2n) is 6.18. The number of esters is 1. The number of nitrogens with zero attached hydrogens (tertiary/aromatic N) is 2. The molecule has 0 saturated heterocycles. The van der Waals surface area contributed by atoms with Crippen LogP contribution in [0.2, 0.25) is 0 Å². The second kappa shape index (κ2) is 9.01. The lowest BCUT2D eigenvalue weighted by atomic mass is 10.2. The molecular formula is C21H21FN2O3S. The molecule has 2 aromatic carbocycles. The summed E-state index contributed by atoms with van der Waals surface area (Å²) in [6.07, 6.45) is 1.35. The van der Waals surface area contributed by atoms with Crippen molar-refractivity contribution in [1.29, 1.82) is 0 Å². The van der Waals surface area contributed by atoms with Gasteiger partial charge in [0, 0.05) is 0 Å². The van der Waals surface area contributed by atoms with Gasteiger partial charge in [0.15, 0.2) is 5.16 Å². The molecule has 5 nitrogen and oxygen atoms in total. The average Bonchev–Trinajstić information content (AvgIpc) is 2.68. The van der Waals surface area contributed by atoms with Crippen molar-refractivity contribution in [2.75, 3.05) is 6.61 Å². The minimum Gasteiger partial charge on any atom is -0.465 e. The van der Waals surface area contributed by atoms with E-state index in [1.807, 2.05) is 6.92 Å². The van der Waals surface area contributed by atoms with Crippen LogP contribution in [0.25, 0.3) is 16.6 Å². The summed E-state index contributed by atoms with van der Waals surface area (Å²) in [4.78, 5) is 30.1. The largest absolute Gasteiger partial charge is 0.465 e. The average molecular weight is 400 g/mol. The van der Waals surface area contributed by atoms with Gasteiger partial charge in [0.2, 0.25) is 0 Å². The molecule has 3 aromatic rings. The predicted molar refractivity (Wildman–Crippen MR) is 108 cm³/mol. The lowest BCUT2D eigenvalue weighted by Crippen LogP contribution is -2.25. The number of fused-ring (bicyclic) bond motifs is 1. The summed E-state index contributed by atoms with van der Waals surface area (Å²) in [5.74, 6) is -0.799. The van der Waals surface area contributed by atoms with Crippen LogP contribution in [0, 0.1) is 5.82 Å². The van der Waals surface area contributed by atoms with Gasteiger partial charge in [-0.1, -0.05) is 43.3 Å². The number of rotatable bonds is 7. The molecule has 0 aliphatic heterocycles. The zero-order valence-electron chi connectivity index (χ0n) is 15.7. The van der Waals surface area contributed by atoms with Crippen LogP contribution in [0.15, 0.2) is 58.5 Å². The lowest BCUT2D eigenvalue weighted by molar-refractivity contribution is -0.142. The first-order valence-corrected chi connectivity index (χ1v) is 10.0. The van der Waals surface area contributed by atoms with Crippen LogP contribution < -0.4 is 5.56 Å². The number of hydrogen-bond donors (Lipinski definition) is 0. The van der Waals surface area contributed by atoms with Gasteiger partial charge in [-0.05, 0) is 43.7 Å². The van der Waals surface area contributed by atoms with Gasteiger partial charge < -0.3 is 4.74 Å². The highest BCUT2D eigenvalue weighted by molar-refractivity contribution is 8.00. The number of benzene rings is 2. The summed E-state index contributed by atoms with van der Waals surface area (Å²) in [5.41, 5.74) is 0.587. The lowest BCUT2D eigenvalue weighted by Gasteiger charge is -2.18. The number of thioether (sulfide) groups is 1.